The largest absolute Gasteiger partial charge is 0.388 e. The van der Waals surface area contributed by atoms with Crippen LogP contribution in [0.2, 0.25) is 0 Å². The van der Waals surface area contributed by atoms with Gasteiger partial charge >= 0.3 is 5.69 Å². The minimum absolute atomic E-state index is 0.131. The number of aryl methyl sites for hydroxylation is 1. The van der Waals surface area contributed by atoms with Crippen molar-refractivity contribution in [2.45, 2.75) is 40.0 Å². The van der Waals surface area contributed by atoms with Crippen LogP contribution in [0.3, 0.4) is 0 Å². The van der Waals surface area contributed by atoms with Crippen molar-refractivity contribution in [1.82, 2.24) is 14.3 Å². The van der Waals surface area contributed by atoms with Crippen LogP contribution >= 0.6 is 0 Å². The smallest absolute Gasteiger partial charge is 0.345 e. The quantitative estimate of drug-likeness (QED) is 0.716. The minimum Gasteiger partial charge on any atom is -0.388 e. The van der Waals surface area contributed by atoms with Gasteiger partial charge in [-0.15, -0.1) is 0 Å². The lowest BCUT2D eigenvalue weighted by molar-refractivity contribution is 0.263. The highest BCUT2D eigenvalue weighted by atomic mass is 16.3. The molecule has 1 heterocycles. The zero-order valence-electron chi connectivity index (χ0n) is 8.03. The molecule has 0 unspecified atom stereocenters. The molecule has 0 spiro atoms. The van der Waals surface area contributed by atoms with E-state index in [4.69, 9.17) is 5.11 Å². The molecule has 0 amide bonds. The first-order valence-electron chi connectivity index (χ1n) is 4.52. The van der Waals surface area contributed by atoms with E-state index in [0.717, 1.165) is 6.42 Å². The van der Waals surface area contributed by atoms with Crippen molar-refractivity contribution in [2.24, 2.45) is 0 Å². The monoisotopic (exact) mass is 185 g/mol. The summed E-state index contributed by atoms with van der Waals surface area (Å²) in [5.74, 6) is 0.453. The Labute approximate surface area is 76.6 Å². The fourth-order valence-corrected chi connectivity index (χ4v) is 1.26. The van der Waals surface area contributed by atoms with Crippen LogP contribution in [-0.2, 0) is 19.7 Å². The van der Waals surface area contributed by atoms with Gasteiger partial charge in [-0.3, -0.25) is 4.57 Å². The van der Waals surface area contributed by atoms with Gasteiger partial charge in [-0.25, -0.2) is 9.48 Å². The van der Waals surface area contributed by atoms with Crippen molar-refractivity contribution in [3.63, 3.8) is 0 Å². The third-order valence-electron chi connectivity index (χ3n) is 1.89. The van der Waals surface area contributed by atoms with E-state index >= 15 is 0 Å². The Morgan fingerprint density at radius 3 is 2.62 bits per heavy atom. The lowest BCUT2D eigenvalue weighted by atomic mass is 10.4. The molecule has 0 saturated heterocycles. The number of aromatic nitrogens is 3. The first-order chi connectivity index (χ1) is 6.24. The molecular weight excluding hydrogens is 170 g/mol. The summed E-state index contributed by atoms with van der Waals surface area (Å²) in [5, 5.41) is 12.9. The summed E-state index contributed by atoms with van der Waals surface area (Å²) in [5.41, 5.74) is -0.131. The molecule has 0 saturated carbocycles. The molecule has 0 aliphatic heterocycles. The second-order valence-electron chi connectivity index (χ2n) is 2.82. The SMILES string of the molecule is CCCn1c(CO)nn(CC)c1=O. The number of hydrogen-bond donors (Lipinski definition) is 1. The van der Waals surface area contributed by atoms with Gasteiger partial charge in [-0.1, -0.05) is 6.92 Å². The zero-order chi connectivity index (χ0) is 9.84. The predicted octanol–water partition coefficient (Wildman–Crippen LogP) is -0.0330. The average molecular weight is 185 g/mol. The van der Waals surface area contributed by atoms with Gasteiger partial charge in [0.2, 0.25) is 0 Å². The molecule has 0 radical (unpaired) electrons. The number of nitrogens with zero attached hydrogens (tertiary/aromatic N) is 3. The van der Waals surface area contributed by atoms with Gasteiger partial charge in [-0.05, 0) is 13.3 Å². The normalized spacial score (nSPS) is 10.7. The molecule has 0 aromatic carbocycles. The first kappa shape index (κ1) is 9.98. The Kier molecular flexibility index (Phi) is 3.25. The Bertz CT molecular complexity index is 327. The molecule has 0 bridgehead atoms. The molecule has 1 rings (SSSR count). The maximum absolute atomic E-state index is 11.5. The molecule has 0 fully saturated rings. The van der Waals surface area contributed by atoms with Crippen molar-refractivity contribution in [1.29, 1.82) is 0 Å². The molecule has 0 aliphatic carbocycles. The second kappa shape index (κ2) is 4.23. The minimum atomic E-state index is -0.178. The fourth-order valence-electron chi connectivity index (χ4n) is 1.26. The first-order valence-corrected chi connectivity index (χ1v) is 4.52. The van der Waals surface area contributed by atoms with Crippen molar-refractivity contribution >= 4 is 0 Å². The summed E-state index contributed by atoms with van der Waals surface area (Å²) in [6, 6.07) is 0. The van der Waals surface area contributed by atoms with Gasteiger partial charge in [0.1, 0.15) is 6.61 Å². The highest BCUT2D eigenvalue weighted by Gasteiger charge is 2.09. The predicted molar refractivity (Wildman–Crippen MR) is 48.4 cm³/mol. The zero-order valence-corrected chi connectivity index (χ0v) is 8.03. The molecule has 5 heteroatoms. The summed E-state index contributed by atoms with van der Waals surface area (Å²) in [4.78, 5) is 11.5. The molecule has 0 aliphatic rings. The second-order valence-corrected chi connectivity index (χ2v) is 2.82. The van der Waals surface area contributed by atoms with Crippen LogP contribution in [0.1, 0.15) is 26.1 Å². The van der Waals surface area contributed by atoms with E-state index < -0.39 is 0 Å². The third-order valence-corrected chi connectivity index (χ3v) is 1.89. The standard InChI is InChI=1S/C8H15N3O2/c1-3-5-10-7(6-12)9-11(4-2)8(10)13/h12H,3-6H2,1-2H3. The number of rotatable bonds is 4. The Balaban J connectivity index is 3.13. The Morgan fingerprint density at radius 2 is 2.15 bits per heavy atom. The molecule has 5 nitrogen and oxygen atoms in total. The number of hydrogen-bond acceptors (Lipinski definition) is 3. The molecular formula is C8H15N3O2. The molecule has 0 atom stereocenters. The lowest BCUT2D eigenvalue weighted by Crippen LogP contribution is -2.24. The van der Waals surface area contributed by atoms with Crippen molar-refractivity contribution in [3.8, 4) is 0 Å². The van der Waals surface area contributed by atoms with E-state index in [0.29, 0.717) is 18.9 Å². The Morgan fingerprint density at radius 1 is 1.46 bits per heavy atom. The van der Waals surface area contributed by atoms with Crippen LogP contribution < -0.4 is 5.69 Å². The van der Waals surface area contributed by atoms with Crippen LogP contribution in [0, 0.1) is 0 Å². The van der Waals surface area contributed by atoms with Gasteiger partial charge < -0.3 is 5.11 Å². The van der Waals surface area contributed by atoms with Gasteiger partial charge in [0.15, 0.2) is 5.82 Å². The van der Waals surface area contributed by atoms with E-state index in [1.54, 1.807) is 0 Å². The maximum atomic E-state index is 11.5. The fraction of sp³-hybridized carbons (Fsp3) is 0.750. The molecule has 1 aromatic rings. The lowest BCUT2D eigenvalue weighted by Gasteiger charge is -1.98. The number of aliphatic hydroxyl groups excluding tert-OH is 1. The summed E-state index contributed by atoms with van der Waals surface area (Å²) >= 11 is 0. The van der Waals surface area contributed by atoms with E-state index in [1.165, 1.54) is 9.25 Å². The van der Waals surface area contributed by atoms with Crippen LogP contribution in [0.5, 0.6) is 0 Å². The van der Waals surface area contributed by atoms with Crippen LogP contribution in [0.15, 0.2) is 4.79 Å². The van der Waals surface area contributed by atoms with Crippen molar-refractivity contribution in [3.05, 3.63) is 16.3 Å². The molecule has 1 aromatic heterocycles. The summed E-state index contributed by atoms with van der Waals surface area (Å²) in [6.45, 7) is 4.82. The van der Waals surface area contributed by atoms with Crippen molar-refractivity contribution in [2.75, 3.05) is 0 Å². The summed E-state index contributed by atoms with van der Waals surface area (Å²) < 4.78 is 2.88. The Hall–Kier alpha value is -1.10. The highest BCUT2D eigenvalue weighted by molar-refractivity contribution is 4.85. The highest BCUT2D eigenvalue weighted by Crippen LogP contribution is 1.94. The average Bonchev–Trinajstić information content (AvgIpc) is 2.45. The van der Waals surface area contributed by atoms with Gasteiger partial charge in [0.05, 0.1) is 0 Å². The molecule has 1 N–H and O–H groups in total. The molecule has 74 valence electrons. The van der Waals surface area contributed by atoms with Gasteiger partial charge in [0, 0.05) is 13.1 Å². The van der Waals surface area contributed by atoms with Crippen LogP contribution in [0.25, 0.3) is 0 Å². The maximum Gasteiger partial charge on any atom is 0.345 e. The topological polar surface area (TPSA) is 60.0 Å². The van der Waals surface area contributed by atoms with E-state index in [2.05, 4.69) is 5.10 Å². The summed E-state index contributed by atoms with van der Waals surface area (Å²) in [6.07, 6.45) is 0.863. The van der Waals surface area contributed by atoms with Crippen LogP contribution in [-0.4, -0.2) is 19.5 Å². The molecule has 13 heavy (non-hydrogen) atoms. The third kappa shape index (κ3) is 1.80. The van der Waals surface area contributed by atoms with Crippen LogP contribution in [0.4, 0.5) is 0 Å². The van der Waals surface area contributed by atoms with E-state index in [1.807, 2.05) is 13.8 Å². The van der Waals surface area contributed by atoms with E-state index in [9.17, 15) is 4.79 Å². The van der Waals surface area contributed by atoms with Crippen molar-refractivity contribution < 1.29 is 5.11 Å². The summed E-state index contributed by atoms with van der Waals surface area (Å²) in [7, 11) is 0. The van der Waals surface area contributed by atoms with Gasteiger partial charge in [-0.2, -0.15) is 5.10 Å². The van der Waals surface area contributed by atoms with Gasteiger partial charge in [0.25, 0.3) is 0 Å². The number of aliphatic hydroxyl groups is 1. The van der Waals surface area contributed by atoms with E-state index in [-0.39, 0.29) is 12.3 Å².